The molecule has 0 unspecified atom stereocenters. The average molecular weight is 507 g/mol. The van der Waals surface area contributed by atoms with Gasteiger partial charge < -0.3 is 14.8 Å². The highest BCUT2D eigenvalue weighted by molar-refractivity contribution is 8.18. The number of rotatable bonds is 6. The van der Waals surface area contributed by atoms with Crippen molar-refractivity contribution in [1.29, 1.82) is 0 Å². The van der Waals surface area contributed by atoms with Gasteiger partial charge in [0, 0.05) is 47.3 Å². The molecule has 3 amide bonds. The lowest BCUT2D eigenvalue weighted by molar-refractivity contribution is -0.120. The van der Waals surface area contributed by atoms with Gasteiger partial charge in [-0.15, -0.1) is 11.3 Å². The number of likely N-dealkylation sites (tertiary alicyclic amines) is 1. The van der Waals surface area contributed by atoms with E-state index >= 15 is 0 Å². The van der Waals surface area contributed by atoms with E-state index in [0.29, 0.717) is 15.8 Å². The van der Waals surface area contributed by atoms with Crippen LogP contribution in [0.15, 0.2) is 52.1 Å². The number of aliphatic imine (C=N–C) groups is 1. The molecule has 0 radical (unpaired) electrons. The summed E-state index contributed by atoms with van der Waals surface area (Å²) in [6.07, 6.45) is 10.1. The lowest BCUT2D eigenvalue weighted by atomic mass is 10.2. The number of imide groups is 1. The highest BCUT2D eigenvalue weighted by Gasteiger charge is 2.40. The first-order chi connectivity index (χ1) is 17.1. The quantitative estimate of drug-likeness (QED) is 0.492. The highest BCUT2D eigenvalue weighted by atomic mass is 32.2. The van der Waals surface area contributed by atoms with Gasteiger partial charge in [0.05, 0.1) is 16.1 Å². The van der Waals surface area contributed by atoms with E-state index in [4.69, 9.17) is 4.99 Å². The van der Waals surface area contributed by atoms with Crippen LogP contribution >= 0.6 is 23.1 Å². The van der Waals surface area contributed by atoms with E-state index in [9.17, 15) is 9.59 Å². The summed E-state index contributed by atoms with van der Waals surface area (Å²) in [5.41, 5.74) is 3.60. The highest BCUT2D eigenvalue weighted by Crippen LogP contribution is 2.36. The number of urea groups is 1. The molecule has 8 nitrogen and oxygen atoms in total. The summed E-state index contributed by atoms with van der Waals surface area (Å²) < 4.78 is 2.28. The fourth-order valence-electron chi connectivity index (χ4n) is 4.44. The molecule has 3 fully saturated rings. The minimum atomic E-state index is -0.411. The average Bonchev–Trinajstić information content (AvgIpc) is 3.28. The van der Waals surface area contributed by atoms with Gasteiger partial charge >= 0.3 is 6.03 Å². The van der Waals surface area contributed by atoms with E-state index in [1.807, 2.05) is 12.1 Å². The summed E-state index contributed by atoms with van der Waals surface area (Å²) in [6.45, 7) is 4.41. The molecule has 35 heavy (non-hydrogen) atoms. The van der Waals surface area contributed by atoms with Crippen LogP contribution in [-0.4, -0.2) is 62.1 Å². The number of thiazole rings is 1. The molecule has 1 N–H and O–H groups in total. The summed E-state index contributed by atoms with van der Waals surface area (Å²) in [4.78, 5) is 39.9. The smallest absolute Gasteiger partial charge is 0.330 e. The number of nitrogens with one attached hydrogen (secondary N) is 1. The van der Waals surface area contributed by atoms with Gasteiger partial charge in [-0.3, -0.25) is 9.78 Å². The Labute approximate surface area is 211 Å². The second-order valence-corrected chi connectivity index (χ2v) is 11.0. The van der Waals surface area contributed by atoms with Crippen LogP contribution in [0.25, 0.3) is 17.0 Å². The molecule has 2 aliphatic heterocycles. The second kappa shape index (κ2) is 9.60. The maximum absolute atomic E-state index is 13.1. The van der Waals surface area contributed by atoms with Crippen LogP contribution in [0.1, 0.15) is 30.6 Å². The van der Waals surface area contributed by atoms with Gasteiger partial charge in [-0.2, -0.15) is 0 Å². The molecule has 2 aromatic heterocycles. The fourth-order valence-corrected chi connectivity index (χ4v) is 6.03. The van der Waals surface area contributed by atoms with Gasteiger partial charge in [-0.05, 0) is 80.9 Å². The van der Waals surface area contributed by atoms with Crippen molar-refractivity contribution in [3.05, 3.63) is 52.0 Å². The molecular formula is C25H26N6O2S2. The number of amidine groups is 1. The van der Waals surface area contributed by atoms with Gasteiger partial charge in [-0.1, -0.05) is 0 Å². The van der Waals surface area contributed by atoms with Gasteiger partial charge in [0.1, 0.15) is 0 Å². The van der Waals surface area contributed by atoms with Crippen LogP contribution < -0.4 is 5.32 Å². The van der Waals surface area contributed by atoms with Crippen LogP contribution in [0.3, 0.4) is 0 Å². The van der Waals surface area contributed by atoms with Crippen molar-refractivity contribution in [3.63, 3.8) is 0 Å². The number of thioether (sulfide) groups is 1. The molecule has 10 heteroatoms. The predicted molar refractivity (Wildman–Crippen MR) is 141 cm³/mol. The first kappa shape index (κ1) is 22.5. The third-order valence-corrected chi connectivity index (χ3v) is 8.17. The first-order valence-corrected chi connectivity index (χ1v) is 13.7. The number of benzene rings is 1. The lowest BCUT2D eigenvalue weighted by Crippen LogP contribution is -2.43. The van der Waals surface area contributed by atoms with Crippen LogP contribution in [0.5, 0.6) is 0 Å². The van der Waals surface area contributed by atoms with E-state index < -0.39 is 6.03 Å². The topological polar surface area (TPSA) is 82.8 Å². The van der Waals surface area contributed by atoms with Crippen LogP contribution in [0.4, 0.5) is 10.5 Å². The SMILES string of the molecule is O=C(NC1CC1)N1C(=O)C(=Cc2cncs2)SC1=Nc1ccc2c(ccn2CCN2CCCC2)c1. The van der Waals surface area contributed by atoms with Crippen molar-refractivity contribution in [3.8, 4) is 0 Å². The van der Waals surface area contributed by atoms with Gasteiger partial charge in [0.2, 0.25) is 0 Å². The predicted octanol–water partition coefficient (Wildman–Crippen LogP) is 4.67. The lowest BCUT2D eigenvalue weighted by Gasteiger charge is -2.15. The van der Waals surface area contributed by atoms with E-state index in [1.165, 1.54) is 53.9 Å². The molecule has 0 bridgehead atoms. The van der Waals surface area contributed by atoms with Crippen molar-refractivity contribution < 1.29 is 9.59 Å². The number of hydrogen-bond donors (Lipinski definition) is 1. The maximum Gasteiger partial charge on any atom is 0.330 e. The summed E-state index contributed by atoms with van der Waals surface area (Å²) >= 11 is 2.67. The fraction of sp³-hybridized carbons (Fsp3) is 0.360. The van der Waals surface area contributed by atoms with Crippen molar-refractivity contribution in [2.45, 2.75) is 38.3 Å². The minimum absolute atomic E-state index is 0.146. The molecule has 1 aliphatic carbocycles. The number of amides is 3. The third-order valence-electron chi connectivity index (χ3n) is 6.47. The van der Waals surface area contributed by atoms with E-state index in [0.717, 1.165) is 41.7 Å². The Morgan fingerprint density at radius 2 is 2.06 bits per heavy atom. The summed E-state index contributed by atoms with van der Waals surface area (Å²) in [5, 5.41) is 4.39. The molecule has 1 aromatic carbocycles. The van der Waals surface area contributed by atoms with E-state index in [2.05, 4.69) is 38.1 Å². The largest absolute Gasteiger partial charge is 0.346 e. The third kappa shape index (κ3) is 4.91. The number of aromatic nitrogens is 2. The molecule has 6 rings (SSSR count). The number of nitrogens with zero attached hydrogens (tertiary/aromatic N) is 5. The molecule has 4 heterocycles. The zero-order valence-corrected chi connectivity index (χ0v) is 20.9. The van der Waals surface area contributed by atoms with Gasteiger partial charge in [0.25, 0.3) is 5.91 Å². The van der Waals surface area contributed by atoms with Crippen LogP contribution in [-0.2, 0) is 11.3 Å². The molecule has 3 aromatic rings. The zero-order chi connectivity index (χ0) is 23.8. The Hall–Kier alpha value is -2.95. The summed E-state index contributed by atoms with van der Waals surface area (Å²) in [7, 11) is 0. The van der Waals surface area contributed by atoms with Crippen molar-refractivity contribution in [2.24, 2.45) is 4.99 Å². The molecule has 0 spiro atoms. The van der Waals surface area contributed by atoms with Crippen molar-refractivity contribution >= 4 is 62.9 Å². The van der Waals surface area contributed by atoms with E-state index in [-0.39, 0.29) is 11.9 Å². The second-order valence-electron chi connectivity index (χ2n) is 9.07. The molecular weight excluding hydrogens is 480 g/mol. The Morgan fingerprint density at radius 3 is 2.83 bits per heavy atom. The summed E-state index contributed by atoms with van der Waals surface area (Å²) in [6, 6.07) is 7.88. The Balaban J connectivity index is 1.26. The van der Waals surface area contributed by atoms with Crippen molar-refractivity contribution in [2.75, 3.05) is 19.6 Å². The Kier molecular flexibility index (Phi) is 6.17. The number of fused-ring (bicyclic) bond motifs is 1. The maximum atomic E-state index is 13.1. The number of carbonyl (C=O) groups is 2. The monoisotopic (exact) mass is 506 g/mol. The van der Waals surface area contributed by atoms with Gasteiger partial charge in [0.15, 0.2) is 5.17 Å². The normalized spacial score (nSPS) is 21.1. The minimum Gasteiger partial charge on any atom is -0.346 e. The molecule has 180 valence electrons. The van der Waals surface area contributed by atoms with Crippen LogP contribution in [0, 0.1) is 0 Å². The van der Waals surface area contributed by atoms with Gasteiger partial charge in [-0.25, -0.2) is 14.7 Å². The number of hydrogen-bond acceptors (Lipinski definition) is 7. The molecule has 2 saturated heterocycles. The Morgan fingerprint density at radius 1 is 1.20 bits per heavy atom. The van der Waals surface area contributed by atoms with E-state index in [1.54, 1.807) is 17.8 Å². The molecule has 0 atom stereocenters. The first-order valence-electron chi connectivity index (χ1n) is 12.0. The standard InChI is InChI=1S/C25H26N6O2S2/c32-23-22(14-20-15-26-16-34-20)35-25(31(23)24(33)27-18-3-4-18)28-19-5-6-21-17(13-19)7-10-30(21)12-11-29-8-1-2-9-29/h5-7,10,13-16,18H,1-4,8-9,11-12H2,(H,27,33). The summed E-state index contributed by atoms with van der Waals surface area (Å²) in [5.74, 6) is -0.352. The Bertz CT molecular complexity index is 1320. The zero-order valence-electron chi connectivity index (χ0n) is 19.2. The molecule has 3 aliphatic rings. The number of carbonyl (C=O) groups excluding carboxylic acids is 2. The molecule has 1 saturated carbocycles. The van der Waals surface area contributed by atoms with Crippen LogP contribution in [0.2, 0.25) is 0 Å². The van der Waals surface area contributed by atoms with Crippen molar-refractivity contribution in [1.82, 2.24) is 24.7 Å².